The van der Waals surface area contributed by atoms with Gasteiger partial charge in [0.05, 0.1) is 19.7 Å². The summed E-state index contributed by atoms with van der Waals surface area (Å²) in [5.41, 5.74) is 2.39. The number of aromatic nitrogens is 1. The Balaban J connectivity index is 2.13. The van der Waals surface area contributed by atoms with Gasteiger partial charge in [0.2, 0.25) is 0 Å². The fourth-order valence-electron chi connectivity index (χ4n) is 3.05. The summed E-state index contributed by atoms with van der Waals surface area (Å²) in [6, 6.07) is 21.9. The van der Waals surface area contributed by atoms with Crippen molar-refractivity contribution in [1.82, 2.24) is 3.97 Å². The topological polar surface area (TPSA) is 39.1 Å². The van der Waals surface area contributed by atoms with Crippen LogP contribution < -0.4 is 0 Å². The van der Waals surface area contributed by atoms with Gasteiger partial charge in [-0.25, -0.2) is 12.4 Å². The molecule has 0 unspecified atom stereocenters. The number of nitrogens with zero attached hydrogens (tertiary/aromatic N) is 1. The van der Waals surface area contributed by atoms with E-state index >= 15 is 0 Å². The third-order valence-electron chi connectivity index (χ3n) is 4.19. The molecule has 0 saturated heterocycles. The fraction of sp³-hybridized carbons (Fsp3) is 0.0526. The summed E-state index contributed by atoms with van der Waals surface area (Å²) in [5, 5.41) is 1.83. The van der Waals surface area contributed by atoms with Crippen LogP contribution in [0.3, 0.4) is 0 Å². The molecule has 0 aliphatic heterocycles. The van der Waals surface area contributed by atoms with Crippen LogP contribution in [0.15, 0.2) is 77.7 Å². The predicted molar refractivity (Wildman–Crippen MR) is 109 cm³/mol. The molecule has 0 aliphatic carbocycles. The smallest absolute Gasteiger partial charge is 0.233 e. The van der Waals surface area contributed by atoms with Gasteiger partial charge >= 0.3 is 0 Å². The van der Waals surface area contributed by atoms with Crippen LogP contribution in [-0.2, 0) is 10.0 Å². The highest BCUT2D eigenvalue weighted by Crippen LogP contribution is 2.36. The molecule has 4 aromatic rings. The lowest BCUT2D eigenvalue weighted by molar-refractivity contribution is 0.590. The lowest BCUT2D eigenvalue weighted by Gasteiger charge is -2.09. The van der Waals surface area contributed by atoms with Crippen molar-refractivity contribution in [3.05, 3.63) is 78.4 Å². The maximum absolute atomic E-state index is 13.3. The van der Waals surface area contributed by atoms with Gasteiger partial charge in [0, 0.05) is 10.8 Å². The minimum absolute atomic E-state index is 0.0113. The van der Waals surface area contributed by atoms with Crippen LogP contribution in [0.25, 0.3) is 21.8 Å². The molecule has 0 bridgehead atoms. The normalized spacial score (nSPS) is 12.3. The number of para-hydroxylation sites is 1. The number of alkyl halides is 2. The van der Waals surface area contributed by atoms with Crippen molar-refractivity contribution < 1.29 is 8.42 Å². The van der Waals surface area contributed by atoms with Crippen LogP contribution in [0.4, 0.5) is 0 Å². The molecular weight excluding hydrogens is 466 g/mol. The molecule has 6 heteroatoms. The van der Waals surface area contributed by atoms with Crippen LogP contribution in [0.1, 0.15) is 9.30 Å². The Morgan fingerprint density at radius 3 is 2.12 bits per heavy atom. The molecule has 0 amide bonds. The number of hydrogen-bond acceptors (Lipinski definition) is 2. The van der Waals surface area contributed by atoms with Crippen molar-refractivity contribution >= 4 is 63.7 Å². The average molecular weight is 479 g/mol. The van der Waals surface area contributed by atoms with E-state index in [2.05, 4.69) is 31.9 Å². The molecular formula is C19H13Br2NO2S. The van der Waals surface area contributed by atoms with Gasteiger partial charge in [0.1, 0.15) is 0 Å². The maximum atomic E-state index is 13.3. The van der Waals surface area contributed by atoms with E-state index < -0.39 is 10.0 Å². The molecule has 0 radical (unpaired) electrons. The molecule has 1 aromatic heterocycles. The molecule has 3 nitrogen and oxygen atoms in total. The third-order valence-corrected chi connectivity index (χ3v) is 6.99. The summed E-state index contributed by atoms with van der Waals surface area (Å²) in [6.07, 6.45) is 0. The van der Waals surface area contributed by atoms with E-state index in [9.17, 15) is 8.42 Å². The largest absolute Gasteiger partial charge is 0.268 e. The van der Waals surface area contributed by atoms with Crippen molar-refractivity contribution in [2.75, 3.05) is 0 Å². The van der Waals surface area contributed by atoms with E-state index in [1.165, 1.54) is 3.97 Å². The second-order valence-corrected chi connectivity index (χ2v) is 10.5. The maximum Gasteiger partial charge on any atom is 0.268 e. The molecule has 0 fully saturated rings. The minimum Gasteiger partial charge on any atom is -0.233 e. The number of hydrogen-bond donors (Lipinski definition) is 0. The standard InChI is InChI=1S/C19H13Br2NO2S/c20-19(21)13-10-11-18-16(12-13)15-8-4-5-9-17(15)22(18)25(23,24)14-6-2-1-3-7-14/h1-12,19H. The fourth-order valence-corrected chi connectivity index (χ4v) is 5.17. The van der Waals surface area contributed by atoms with Crippen molar-refractivity contribution in [2.24, 2.45) is 0 Å². The molecule has 0 spiro atoms. The van der Waals surface area contributed by atoms with Crippen molar-refractivity contribution in [2.45, 2.75) is 8.63 Å². The zero-order valence-corrected chi connectivity index (χ0v) is 16.9. The Labute approximate surface area is 162 Å². The molecule has 25 heavy (non-hydrogen) atoms. The van der Waals surface area contributed by atoms with Crippen LogP contribution in [0, 0.1) is 0 Å². The zero-order chi connectivity index (χ0) is 17.6. The van der Waals surface area contributed by atoms with Crippen molar-refractivity contribution in [3.8, 4) is 0 Å². The SMILES string of the molecule is O=S(=O)(c1ccccc1)n1c2ccccc2c2cc(C(Br)Br)ccc21. The molecule has 4 rings (SSSR count). The van der Waals surface area contributed by atoms with E-state index in [1.807, 2.05) is 48.5 Å². The molecule has 1 heterocycles. The number of benzene rings is 3. The van der Waals surface area contributed by atoms with Crippen LogP contribution >= 0.6 is 31.9 Å². The zero-order valence-electron chi connectivity index (χ0n) is 12.9. The van der Waals surface area contributed by atoms with E-state index in [0.29, 0.717) is 11.0 Å². The highest BCUT2D eigenvalue weighted by Gasteiger charge is 2.23. The lowest BCUT2D eigenvalue weighted by Crippen LogP contribution is -2.12. The van der Waals surface area contributed by atoms with Crippen LogP contribution in [0.5, 0.6) is 0 Å². The molecule has 0 saturated carbocycles. The third kappa shape index (κ3) is 2.72. The minimum atomic E-state index is -3.69. The molecule has 126 valence electrons. The quantitative estimate of drug-likeness (QED) is 0.348. The summed E-state index contributed by atoms with van der Waals surface area (Å²) in [7, 11) is -3.69. The lowest BCUT2D eigenvalue weighted by atomic mass is 10.1. The summed E-state index contributed by atoms with van der Waals surface area (Å²) < 4.78 is 28.0. The number of fused-ring (bicyclic) bond motifs is 3. The second-order valence-electron chi connectivity index (χ2n) is 5.68. The summed E-state index contributed by atoms with van der Waals surface area (Å²) >= 11 is 7.01. The van der Waals surface area contributed by atoms with Gasteiger partial charge < -0.3 is 0 Å². The number of rotatable bonds is 3. The van der Waals surface area contributed by atoms with Crippen LogP contribution in [-0.4, -0.2) is 12.4 Å². The Bertz CT molecular complexity index is 1180. The first-order valence-electron chi connectivity index (χ1n) is 7.62. The highest BCUT2D eigenvalue weighted by molar-refractivity contribution is 9.24. The summed E-state index contributed by atoms with van der Waals surface area (Å²) in [4.78, 5) is 0.278. The van der Waals surface area contributed by atoms with Gasteiger partial charge in [-0.3, -0.25) is 0 Å². The summed E-state index contributed by atoms with van der Waals surface area (Å²) in [5.74, 6) is 0. The van der Waals surface area contributed by atoms with E-state index in [1.54, 1.807) is 24.3 Å². The Morgan fingerprint density at radius 2 is 1.40 bits per heavy atom. The Hall–Kier alpha value is -1.63. The van der Waals surface area contributed by atoms with Gasteiger partial charge in [0.15, 0.2) is 0 Å². The van der Waals surface area contributed by atoms with Gasteiger partial charge in [-0.1, -0.05) is 74.3 Å². The monoisotopic (exact) mass is 477 g/mol. The summed E-state index contributed by atoms with van der Waals surface area (Å²) in [6.45, 7) is 0. The second kappa shape index (κ2) is 6.27. The van der Waals surface area contributed by atoms with E-state index in [0.717, 1.165) is 16.3 Å². The Morgan fingerprint density at radius 1 is 0.760 bits per heavy atom. The first kappa shape index (κ1) is 16.8. The average Bonchev–Trinajstić information content (AvgIpc) is 2.96. The van der Waals surface area contributed by atoms with Gasteiger partial charge in [-0.05, 0) is 35.9 Å². The predicted octanol–water partition coefficient (Wildman–Crippen LogP) is 5.82. The number of halogens is 2. The van der Waals surface area contributed by atoms with Crippen molar-refractivity contribution in [3.63, 3.8) is 0 Å². The molecule has 0 atom stereocenters. The highest BCUT2D eigenvalue weighted by atomic mass is 79.9. The van der Waals surface area contributed by atoms with Gasteiger partial charge in [0.25, 0.3) is 10.0 Å². The van der Waals surface area contributed by atoms with Gasteiger partial charge in [-0.15, -0.1) is 0 Å². The van der Waals surface area contributed by atoms with E-state index in [-0.39, 0.29) is 8.63 Å². The molecule has 3 aromatic carbocycles. The first-order chi connectivity index (χ1) is 12.0. The van der Waals surface area contributed by atoms with Crippen LogP contribution in [0.2, 0.25) is 0 Å². The Kier molecular flexibility index (Phi) is 4.22. The first-order valence-corrected chi connectivity index (χ1v) is 10.9. The van der Waals surface area contributed by atoms with E-state index in [4.69, 9.17) is 0 Å². The molecule has 0 aliphatic rings. The van der Waals surface area contributed by atoms with Crippen molar-refractivity contribution in [1.29, 1.82) is 0 Å². The molecule has 0 N–H and O–H groups in total. The van der Waals surface area contributed by atoms with Gasteiger partial charge in [-0.2, -0.15) is 0 Å².